The van der Waals surface area contributed by atoms with E-state index in [9.17, 15) is 4.39 Å². The Morgan fingerprint density at radius 2 is 2.10 bits per heavy atom. The summed E-state index contributed by atoms with van der Waals surface area (Å²) in [6.45, 7) is 0. The number of halogens is 2. The van der Waals surface area contributed by atoms with E-state index in [0.29, 0.717) is 17.9 Å². The van der Waals surface area contributed by atoms with Crippen molar-refractivity contribution in [2.24, 2.45) is 0 Å². The zero-order valence-corrected chi connectivity index (χ0v) is 12.8. The van der Waals surface area contributed by atoms with Crippen molar-refractivity contribution < 1.29 is 9.13 Å². The molecule has 0 bridgehead atoms. The predicted molar refractivity (Wildman–Crippen MR) is 78.2 cm³/mol. The zero-order chi connectivity index (χ0) is 14.5. The van der Waals surface area contributed by atoms with E-state index in [0.717, 1.165) is 10.2 Å². The maximum Gasteiger partial charge on any atom is 0.233 e. The number of rotatable bonds is 5. The topological polar surface area (TPSA) is 47.0 Å². The summed E-state index contributed by atoms with van der Waals surface area (Å²) in [6, 6.07) is 8.51. The molecule has 2 aromatic rings. The van der Waals surface area contributed by atoms with Gasteiger partial charge in [0.05, 0.1) is 18.8 Å². The number of methoxy groups -OCH3 is 1. The Morgan fingerprint density at radius 3 is 2.65 bits per heavy atom. The van der Waals surface area contributed by atoms with E-state index in [1.54, 1.807) is 12.1 Å². The third kappa shape index (κ3) is 3.52. The molecule has 0 aliphatic heterocycles. The highest BCUT2D eigenvalue weighted by atomic mass is 79.9. The van der Waals surface area contributed by atoms with Gasteiger partial charge in [-0.1, -0.05) is 22.0 Å². The lowest BCUT2D eigenvalue weighted by Gasteiger charge is -2.16. The molecule has 20 heavy (non-hydrogen) atoms. The summed E-state index contributed by atoms with van der Waals surface area (Å²) in [6.07, 6.45) is 0.497. The van der Waals surface area contributed by atoms with Crippen LogP contribution in [0.1, 0.15) is 17.3 Å². The van der Waals surface area contributed by atoms with Crippen LogP contribution in [0.25, 0.3) is 0 Å². The maximum absolute atomic E-state index is 13.9. The van der Waals surface area contributed by atoms with E-state index in [1.807, 2.05) is 19.2 Å². The Balaban J connectivity index is 2.19. The fourth-order valence-electron chi connectivity index (χ4n) is 1.89. The van der Waals surface area contributed by atoms with Gasteiger partial charge in [-0.25, -0.2) is 4.39 Å². The monoisotopic (exact) mass is 339 g/mol. The van der Waals surface area contributed by atoms with Gasteiger partial charge in [0.2, 0.25) is 5.88 Å². The molecule has 0 saturated carbocycles. The molecule has 0 aliphatic rings. The van der Waals surface area contributed by atoms with E-state index in [4.69, 9.17) is 4.74 Å². The van der Waals surface area contributed by atoms with Gasteiger partial charge >= 0.3 is 0 Å². The van der Waals surface area contributed by atoms with Crippen LogP contribution in [0.5, 0.6) is 5.88 Å². The van der Waals surface area contributed by atoms with Crippen molar-refractivity contribution in [3.05, 3.63) is 51.9 Å². The Hall–Kier alpha value is -1.53. The molecule has 6 heteroatoms. The number of aromatic nitrogens is 2. The van der Waals surface area contributed by atoms with Gasteiger partial charge in [0, 0.05) is 10.5 Å². The lowest BCUT2D eigenvalue weighted by molar-refractivity contribution is 0.389. The number of hydrogen-bond acceptors (Lipinski definition) is 4. The first-order valence-electron chi connectivity index (χ1n) is 6.13. The van der Waals surface area contributed by atoms with Crippen LogP contribution in [-0.4, -0.2) is 24.4 Å². The molecule has 0 aliphatic carbocycles. The molecule has 1 unspecified atom stereocenters. The molecular weight excluding hydrogens is 325 g/mol. The molecule has 0 radical (unpaired) electrons. The average Bonchev–Trinajstić information content (AvgIpc) is 2.47. The van der Waals surface area contributed by atoms with Crippen molar-refractivity contribution in [3.63, 3.8) is 0 Å². The number of benzene rings is 1. The van der Waals surface area contributed by atoms with Crippen LogP contribution in [0.15, 0.2) is 34.8 Å². The molecule has 1 aromatic heterocycles. The van der Waals surface area contributed by atoms with Gasteiger partial charge in [-0.15, -0.1) is 5.10 Å². The molecular formula is C14H15BrFN3O. The highest BCUT2D eigenvalue weighted by molar-refractivity contribution is 9.10. The van der Waals surface area contributed by atoms with Gasteiger partial charge in [-0.05, 0) is 37.2 Å². The summed E-state index contributed by atoms with van der Waals surface area (Å²) >= 11 is 3.25. The Labute approximate surface area is 125 Å². The van der Waals surface area contributed by atoms with Crippen molar-refractivity contribution in [1.29, 1.82) is 0 Å². The summed E-state index contributed by atoms with van der Waals surface area (Å²) in [4.78, 5) is 0. The number of nitrogens with zero attached hydrogens (tertiary/aromatic N) is 2. The van der Waals surface area contributed by atoms with Gasteiger partial charge in [-0.2, -0.15) is 5.10 Å². The standard InChI is InChI=1S/C14H15BrFN3O/c1-17-13(12-5-6-14(20-2)19-18-12)7-9-3-4-10(15)8-11(9)16/h3-6,8,13,17H,7H2,1-2H3. The molecule has 1 N–H and O–H groups in total. The molecule has 2 rings (SSSR count). The van der Waals surface area contributed by atoms with Crippen molar-refractivity contribution in [1.82, 2.24) is 15.5 Å². The predicted octanol–water partition coefficient (Wildman–Crippen LogP) is 2.89. The lowest BCUT2D eigenvalue weighted by atomic mass is 10.0. The summed E-state index contributed by atoms with van der Waals surface area (Å²) in [5.41, 5.74) is 1.38. The second-order valence-corrected chi connectivity index (χ2v) is 5.20. The second-order valence-electron chi connectivity index (χ2n) is 4.28. The molecule has 4 nitrogen and oxygen atoms in total. The van der Waals surface area contributed by atoms with Crippen molar-refractivity contribution in [2.45, 2.75) is 12.5 Å². The number of likely N-dealkylation sites (N-methyl/N-ethyl adjacent to an activating group) is 1. The minimum Gasteiger partial charge on any atom is -0.480 e. The van der Waals surface area contributed by atoms with Crippen LogP contribution in [0.4, 0.5) is 4.39 Å². The SMILES string of the molecule is CNC(Cc1ccc(Br)cc1F)c1ccc(OC)nn1. The quantitative estimate of drug-likeness (QED) is 0.909. The first kappa shape index (κ1) is 14.9. The van der Waals surface area contributed by atoms with Crippen LogP contribution in [0, 0.1) is 5.82 Å². The second kappa shape index (κ2) is 6.76. The van der Waals surface area contributed by atoms with Crippen molar-refractivity contribution >= 4 is 15.9 Å². The first-order chi connectivity index (χ1) is 9.63. The Kier molecular flexibility index (Phi) is 5.03. The van der Waals surface area contributed by atoms with E-state index in [-0.39, 0.29) is 11.9 Å². The highest BCUT2D eigenvalue weighted by Gasteiger charge is 2.15. The maximum atomic E-state index is 13.9. The molecule has 1 atom stereocenters. The molecule has 0 spiro atoms. The van der Waals surface area contributed by atoms with E-state index in [2.05, 4.69) is 31.4 Å². The van der Waals surface area contributed by atoms with Gasteiger partial charge in [0.15, 0.2) is 0 Å². The fraction of sp³-hybridized carbons (Fsp3) is 0.286. The minimum atomic E-state index is -0.235. The summed E-state index contributed by atoms with van der Waals surface area (Å²) in [7, 11) is 3.35. The van der Waals surface area contributed by atoms with E-state index < -0.39 is 0 Å². The normalized spacial score (nSPS) is 12.2. The van der Waals surface area contributed by atoms with Gasteiger partial charge in [-0.3, -0.25) is 0 Å². The van der Waals surface area contributed by atoms with Gasteiger partial charge in [0.25, 0.3) is 0 Å². The lowest BCUT2D eigenvalue weighted by Crippen LogP contribution is -2.21. The van der Waals surface area contributed by atoms with Crippen LogP contribution in [0.2, 0.25) is 0 Å². The Bertz CT molecular complexity index is 577. The third-order valence-corrected chi connectivity index (χ3v) is 3.51. The van der Waals surface area contributed by atoms with Gasteiger partial charge in [0.1, 0.15) is 5.82 Å². The van der Waals surface area contributed by atoms with Crippen LogP contribution in [-0.2, 0) is 6.42 Å². The zero-order valence-electron chi connectivity index (χ0n) is 11.2. The summed E-state index contributed by atoms with van der Waals surface area (Å²) in [5.74, 6) is 0.222. The van der Waals surface area contributed by atoms with Gasteiger partial charge < -0.3 is 10.1 Å². The highest BCUT2D eigenvalue weighted by Crippen LogP contribution is 2.21. The van der Waals surface area contributed by atoms with Crippen LogP contribution in [0.3, 0.4) is 0 Å². The summed E-state index contributed by atoms with van der Waals surface area (Å²) < 4.78 is 19.6. The number of ether oxygens (including phenoxy) is 1. The molecule has 1 aromatic carbocycles. The number of hydrogen-bond donors (Lipinski definition) is 1. The average molecular weight is 340 g/mol. The minimum absolute atomic E-state index is 0.107. The summed E-state index contributed by atoms with van der Waals surface area (Å²) in [5, 5.41) is 11.2. The van der Waals surface area contributed by atoms with Crippen LogP contribution < -0.4 is 10.1 Å². The Morgan fingerprint density at radius 1 is 1.30 bits per heavy atom. The van der Waals surface area contributed by atoms with Crippen molar-refractivity contribution in [3.8, 4) is 5.88 Å². The third-order valence-electron chi connectivity index (χ3n) is 3.01. The largest absolute Gasteiger partial charge is 0.480 e. The molecule has 0 fully saturated rings. The fourth-order valence-corrected chi connectivity index (χ4v) is 2.22. The van der Waals surface area contributed by atoms with E-state index >= 15 is 0 Å². The smallest absolute Gasteiger partial charge is 0.233 e. The van der Waals surface area contributed by atoms with E-state index in [1.165, 1.54) is 13.2 Å². The molecule has 106 valence electrons. The van der Waals surface area contributed by atoms with Crippen LogP contribution >= 0.6 is 15.9 Å². The van der Waals surface area contributed by atoms with Crippen molar-refractivity contribution in [2.75, 3.05) is 14.2 Å². The number of nitrogens with one attached hydrogen (secondary N) is 1. The molecule has 1 heterocycles. The first-order valence-corrected chi connectivity index (χ1v) is 6.92. The molecule has 0 amide bonds. The molecule has 0 saturated heterocycles.